The third-order valence-corrected chi connectivity index (χ3v) is 4.05. The van der Waals surface area contributed by atoms with Gasteiger partial charge >= 0.3 is 0 Å². The van der Waals surface area contributed by atoms with Crippen LogP contribution in [0.1, 0.15) is 39.0 Å². The van der Waals surface area contributed by atoms with Crippen molar-refractivity contribution in [1.29, 1.82) is 0 Å². The van der Waals surface area contributed by atoms with Crippen LogP contribution in [0.4, 0.5) is 10.1 Å². The summed E-state index contributed by atoms with van der Waals surface area (Å²) in [5.41, 5.74) is 0.541. The summed E-state index contributed by atoms with van der Waals surface area (Å²) in [4.78, 5) is 11.8. The molecule has 20 heavy (non-hydrogen) atoms. The van der Waals surface area contributed by atoms with Gasteiger partial charge in [0.2, 0.25) is 5.91 Å². The van der Waals surface area contributed by atoms with Crippen molar-refractivity contribution >= 4 is 11.6 Å². The Bertz CT molecular complexity index is 456. The van der Waals surface area contributed by atoms with E-state index in [0.717, 1.165) is 6.54 Å². The summed E-state index contributed by atoms with van der Waals surface area (Å²) in [6.07, 6.45) is 6.31. The first-order valence-corrected chi connectivity index (χ1v) is 7.34. The molecule has 1 saturated carbocycles. The van der Waals surface area contributed by atoms with E-state index in [1.165, 1.54) is 38.2 Å². The molecular weight excluding hydrogens is 255 g/mol. The second kappa shape index (κ2) is 6.84. The van der Waals surface area contributed by atoms with Gasteiger partial charge in [-0.15, -0.1) is 0 Å². The molecule has 0 atom stereocenters. The van der Waals surface area contributed by atoms with E-state index < -0.39 is 5.82 Å². The van der Waals surface area contributed by atoms with Gasteiger partial charge in [-0.3, -0.25) is 4.79 Å². The number of hydrogen-bond donors (Lipinski definition) is 2. The zero-order valence-electron chi connectivity index (χ0n) is 12.0. The van der Waals surface area contributed by atoms with Gasteiger partial charge in [0.1, 0.15) is 5.82 Å². The number of halogens is 1. The summed E-state index contributed by atoms with van der Waals surface area (Å²) in [7, 11) is 0. The van der Waals surface area contributed by atoms with Crippen molar-refractivity contribution < 1.29 is 9.18 Å². The number of anilines is 1. The quantitative estimate of drug-likeness (QED) is 0.867. The fraction of sp³-hybridized carbons (Fsp3) is 0.562. The molecule has 0 aromatic heterocycles. The number of amides is 1. The van der Waals surface area contributed by atoms with E-state index in [1.807, 2.05) is 0 Å². The van der Waals surface area contributed by atoms with E-state index in [1.54, 1.807) is 18.2 Å². The molecule has 0 unspecified atom stereocenters. The van der Waals surface area contributed by atoms with E-state index in [-0.39, 0.29) is 18.1 Å². The third kappa shape index (κ3) is 4.30. The van der Waals surface area contributed by atoms with Gasteiger partial charge in [0.05, 0.1) is 12.2 Å². The van der Waals surface area contributed by atoms with Crippen molar-refractivity contribution in [2.75, 3.05) is 18.4 Å². The van der Waals surface area contributed by atoms with E-state index in [0.29, 0.717) is 5.41 Å². The van der Waals surface area contributed by atoms with Gasteiger partial charge < -0.3 is 10.6 Å². The maximum absolute atomic E-state index is 13.4. The molecule has 2 N–H and O–H groups in total. The van der Waals surface area contributed by atoms with Crippen LogP contribution < -0.4 is 10.6 Å². The highest BCUT2D eigenvalue weighted by Gasteiger charge is 2.26. The first kappa shape index (κ1) is 15.0. The van der Waals surface area contributed by atoms with Crippen LogP contribution in [-0.4, -0.2) is 19.0 Å². The van der Waals surface area contributed by atoms with Crippen molar-refractivity contribution in [3.63, 3.8) is 0 Å². The summed E-state index contributed by atoms with van der Waals surface area (Å²) >= 11 is 0. The minimum absolute atomic E-state index is 0.200. The highest BCUT2D eigenvalue weighted by molar-refractivity contribution is 5.92. The molecular formula is C16H23FN2O. The SMILES string of the molecule is CC1(CNCC(=O)Nc2ccccc2F)CCCCC1. The van der Waals surface area contributed by atoms with Gasteiger partial charge in [-0.05, 0) is 30.4 Å². The molecule has 0 spiro atoms. The number of hydrogen-bond acceptors (Lipinski definition) is 2. The Morgan fingerprint density at radius 1 is 1.25 bits per heavy atom. The van der Waals surface area contributed by atoms with Crippen LogP contribution in [0.3, 0.4) is 0 Å². The number of carbonyl (C=O) groups excluding carboxylic acids is 1. The van der Waals surface area contributed by atoms with Gasteiger partial charge in [0, 0.05) is 6.54 Å². The van der Waals surface area contributed by atoms with Crippen LogP contribution in [-0.2, 0) is 4.79 Å². The molecule has 110 valence electrons. The van der Waals surface area contributed by atoms with Crippen molar-refractivity contribution in [2.24, 2.45) is 5.41 Å². The number of para-hydroxylation sites is 1. The lowest BCUT2D eigenvalue weighted by Gasteiger charge is -2.33. The minimum atomic E-state index is -0.403. The van der Waals surface area contributed by atoms with Gasteiger partial charge in [-0.25, -0.2) is 4.39 Å². The maximum atomic E-state index is 13.4. The predicted octanol–water partition coefficient (Wildman–Crippen LogP) is 3.32. The first-order chi connectivity index (χ1) is 9.59. The van der Waals surface area contributed by atoms with E-state index in [4.69, 9.17) is 0 Å². The number of benzene rings is 1. The number of carbonyl (C=O) groups is 1. The van der Waals surface area contributed by atoms with Gasteiger partial charge in [0.15, 0.2) is 0 Å². The molecule has 1 amide bonds. The predicted molar refractivity (Wildman–Crippen MR) is 79.1 cm³/mol. The molecule has 1 aromatic rings. The Balaban J connectivity index is 1.74. The lowest BCUT2D eigenvalue weighted by Crippen LogP contribution is -2.37. The third-order valence-electron chi connectivity index (χ3n) is 4.05. The number of rotatable bonds is 5. The molecule has 4 heteroatoms. The van der Waals surface area contributed by atoms with Crippen LogP contribution >= 0.6 is 0 Å². The Morgan fingerprint density at radius 3 is 2.65 bits per heavy atom. The summed E-state index contributed by atoms with van der Waals surface area (Å²) in [6.45, 7) is 3.34. The number of nitrogens with one attached hydrogen (secondary N) is 2. The Hall–Kier alpha value is -1.42. The zero-order chi connectivity index (χ0) is 14.4. The molecule has 2 rings (SSSR count). The lowest BCUT2D eigenvalue weighted by molar-refractivity contribution is -0.115. The largest absolute Gasteiger partial charge is 0.322 e. The second-order valence-electron chi connectivity index (χ2n) is 6.00. The molecule has 1 aliphatic carbocycles. The Morgan fingerprint density at radius 2 is 1.95 bits per heavy atom. The van der Waals surface area contributed by atoms with E-state index in [2.05, 4.69) is 17.6 Å². The molecule has 0 radical (unpaired) electrons. The second-order valence-corrected chi connectivity index (χ2v) is 6.00. The van der Waals surface area contributed by atoms with Crippen molar-refractivity contribution in [3.05, 3.63) is 30.1 Å². The topological polar surface area (TPSA) is 41.1 Å². The summed E-state index contributed by atoms with van der Waals surface area (Å²) < 4.78 is 13.4. The van der Waals surface area contributed by atoms with E-state index in [9.17, 15) is 9.18 Å². The minimum Gasteiger partial charge on any atom is -0.322 e. The zero-order valence-corrected chi connectivity index (χ0v) is 12.0. The molecule has 1 aromatic carbocycles. The average Bonchev–Trinajstić information content (AvgIpc) is 2.42. The van der Waals surface area contributed by atoms with Crippen molar-refractivity contribution in [3.8, 4) is 0 Å². The highest BCUT2D eigenvalue weighted by Crippen LogP contribution is 2.34. The highest BCUT2D eigenvalue weighted by atomic mass is 19.1. The van der Waals surface area contributed by atoms with Crippen molar-refractivity contribution in [2.45, 2.75) is 39.0 Å². The Labute approximate surface area is 120 Å². The normalized spacial score (nSPS) is 17.7. The fourth-order valence-electron chi connectivity index (χ4n) is 2.82. The van der Waals surface area contributed by atoms with Crippen LogP contribution in [0.2, 0.25) is 0 Å². The monoisotopic (exact) mass is 278 g/mol. The van der Waals surface area contributed by atoms with Crippen LogP contribution in [0, 0.1) is 11.2 Å². The standard InChI is InChI=1S/C16H23FN2O/c1-16(9-5-2-6-10-16)12-18-11-15(20)19-14-8-4-3-7-13(14)17/h3-4,7-8,18H,2,5-6,9-12H2,1H3,(H,19,20). The summed E-state index contributed by atoms with van der Waals surface area (Å²) in [5, 5.41) is 5.78. The molecule has 0 saturated heterocycles. The average molecular weight is 278 g/mol. The van der Waals surface area contributed by atoms with Crippen LogP contribution in [0.25, 0.3) is 0 Å². The molecule has 1 aliphatic rings. The van der Waals surface area contributed by atoms with E-state index >= 15 is 0 Å². The molecule has 0 bridgehead atoms. The van der Waals surface area contributed by atoms with Gasteiger partial charge in [0.25, 0.3) is 0 Å². The van der Waals surface area contributed by atoms with Crippen LogP contribution in [0.5, 0.6) is 0 Å². The Kier molecular flexibility index (Phi) is 5.12. The fourth-order valence-corrected chi connectivity index (χ4v) is 2.82. The first-order valence-electron chi connectivity index (χ1n) is 7.34. The molecule has 0 aliphatic heterocycles. The molecule has 3 nitrogen and oxygen atoms in total. The summed E-state index contributed by atoms with van der Waals surface area (Å²) in [6, 6.07) is 6.21. The maximum Gasteiger partial charge on any atom is 0.238 e. The van der Waals surface area contributed by atoms with Crippen LogP contribution in [0.15, 0.2) is 24.3 Å². The van der Waals surface area contributed by atoms with Crippen molar-refractivity contribution in [1.82, 2.24) is 5.32 Å². The molecule has 0 heterocycles. The van der Waals surface area contributed by atoms with Gasteiger partial charge in [-0.2, -0.15) is 0 Å². The summed E-state index contributed by atoms with van der Waals surface area (Å²) in [5.74, 6) is -0.602. The van der Waals surface area contributed by atoms with Gasteiger partial charge in [-0.1, -0.05) is 38.3 Å². The smallest absolute Gasteiger partial charge is 0.238 e. The molecule has 1 fully saturated rings. The lowest BCUT2D eigenvalue weighted by atomic mass is 9.76.